The van der Waals surface area contributed by atoms with Gasteiger partial charge in [-0.25, -0.2) is 0 Å². The van der Waals surface area contributed by atoms with Crippen molar-refractivity contribution in [3.63, 3.8) is 0 Å². The van der Waals surface area contributed by atoms with E-state index in [1.165, 1.54) is 18.6 Å². The molecule has 1 aliphatic carbocycles. The van der Waals surface area contributed by atoms with Crippen molar-refractivity contribution in [3.05, 3.63) is 32.8 Å². The summed E-state index contributed by atoms with van der Waals surface area (Å²) in [6.45, 7) is 0.476. The summed E-state index contributed by atoms with van der Waals surface area (Å²) in [4.78, 5) is 10.2. The first-order valence-corrected chi connectivity index (χ1v) is 7.20. The predicted molar refractivity (Wildman–Crippen MR) is 77.3 cm³/mol. The van der Waals surface area contributed by atoms with Crippen LogP contribution in [0.15, 0.2) is 22.7 Å². The van der Waals surface area contributed by atoms with Crippen LogP contribution in [-0.2, 0) is 0 Å². The van der Waals surface area contributed by atoms with Gasteiger partial charge in [-0.15, -0.1) is 0 Å². The molecule has 19 heavy (non-hydrogen) atoms. The van der Waals surface area contributed by atoms with E-state index in [0.29, 0.717) is 11.0 Å². The van der Waals surface area contributed by atoms with Crippen LogP contribution in [0.2, 0.25) is 0 Å². The summed E-state index contributed by atoms with van der Waals surface area (Å²) < 4.78 is 0.640. The molecule has 0 heterocycles. The molecule has 1 aromatic carbocycles. The van der Waals surface area contributed by atoms with Gasteiger partial charge in [-0.1, -0.05) is 19.3 Å². The van der Waals surface area contributed by atoms with E-state index in [-0.39, 0.29) is 5.69 Å². The van der Waals surface area contributed by atoms with E-state index in [4.69, 9.17) is 0 Å². The van der Waals surface area contributed by atoms with E-state index in [1.807, 2.05) is 0 Å². The Kier molecular flexibility index (Phi) is 4.42. The third-order valence-electron chi connectivity index (χ3n) is 3.56. The van der Waals surface area contributed by atoms with Gasteiger partial charge in [0.2, 0.25) is 0 Å². The lowest BCUT2D eigenvalue weighted by Gasteiger charge is -2.32. The Morgan fingerprint density at radius 1 is 1.37 bits per heavy atom. The van der Waals surface area contributed by atoms with Crippen LogP contribution in [0, 0.1) is 10.1 Å². The Balaban J connectivity index is 2.01. The SMILES string of the molecule is O=[N+]([O-])c1ccc(NCC2(O)CCCCC2)c(Br)c1. The minimum absolute atomic E-state index is 0.0498. The first-order valence-electron chi connectivity index (χ1n) is 6.40. The molecular formula is C13H17BrN2O3. The van der Waals surface area contributed by atoms with Crippen molar-refractivity contribution in [1.29, 1.82) is 0 Å². The lowest BCUT2D eigenvalue weighted by molar-refractivity contribution is -0.384. The summed E-state index contributed by atoms with van der Waals surface area (Å²) in [6.07, 6.45) is 4.91. The largest absolute Gasteiger partial charge is 0.388 e. The molecule has 0 atom stereocenters. The number of nitrogens with one attached hydrogen (secondary N) is 1. The molecule has 1 saturated carbocycles. The zero-order valence-electron chi connectivity index (χ0n) is 10.6. The molecule has 0 unspecified atom stereocenters. The lowest BCUT2D eigenvalue weighted by Crippen LogP contribution is -2.38. The maximum atomic E-state index is 10.6. The van der Waals surface area contributed by atoms with Crippen molar-refractivity contribution in [2.24, 2.45) is 0 Å². The van der Waals surface area contributed by atoms with Gasteiger partial charge in [0.1, 0.15) is 0 Å². The predicted octanol–water partition coefficient (Wildman–Crippen LogP) is 3.46. The number of benzene rings is 1. The number of nitro groups is 1. The smallest absolute Gasteiger partial charge is 0.270 e. The Bertz CT molecular complexity index is 473. The molecule has 0 bridgehead atoms. The minimum atomic E-state index is -0.653. The molecule has 0 saturated heterocycles. The number of hydrogen-bond donors (Lipinski definition) is 2. The molecule has 1 aliphatic rings. The summed E-state index contributed by atoms with van der Waals surface area (Å²) in [7, 11) is 0. The van der Waals surface area contributed by atoms with Crippen LogP contribution >= 0.6 is 15.9 Å². The van der Waals surface area contributed by atoms with Crippen molar-refractivity contribution in [2.45, 2.75) is 37.7 Å². The second-order valence-corrected chi connectivity index (χ2v) is 5.91. The van der Waals surface area contributed by atoms with E-state index in [1.54, 1.807) is 6.07 Å². The highest BCUT2D eigenvalue weighted by atomic mass is 79.9. The number of aliphatic hydroxyl groups is 1. The molecule has 0 spiro atoms. The van der Waals surface area contributed by atoms with Gasteiger partial charge in [0.25, 0.3) is 5.69 Å². The maximum absolute atomic E-state index is 10.6. The van der Waals surface area contributed by atoms with E-state index >= 15 is 0 Å². The van der Waals surface area contributed by atoms with Gasteiger partial charge in [-0.2, -0.15) is 0 Å². The molecule has 0 aromatic heterocycles. The average Bonchev–Trinajstić information content (AvgIpc) is 2.38. The Morgan fingerprint density at radius 3 is 2.63 bits per heavy atom. The quantitative estimate of drug-likeness (QED) is 0.655. The van der Waals surface area contributed by atoms with Crippen molar-refractivity contribution in [1.82, 2.24) is 0 Å². The summed E-state index contributed by atoms with van der Waals surface area (Å²) >= 11 is 3.31. The van der Waals surface area contributed by atoms with E-state index < -0.39 is 10.5 Å². The van der Waals surface area contributed by atoms with Crippen LogP contribution in [-0.4, -0.2) is 22.2 Å². The minimum Gasteiger partial charge on any atom is -0.388 e. The van der Waals surface area contributed by atoms with Gasteiger partial charge in [0.05, 0.1) is 10.5 Å². The van der Waals surface area contributed by atoms with Gasteiger partial charge >= 0.3 is 0 Å². The summed E-state index contributed by atoms with van der Waals surface area (Å²) in [5.41, 5.74) is 0.165. The number of anilines is 1. The van der Waals surface area contributed by atoms with E-state index in [0.717, 1.165) is 31.4 Å². The Morgan fingerprint density at radius 2 is 2.05 bits per heavy atom. The van der Waals surface area contributed by atoms with Crippen molar-refractivity contribution in [3.8, 4) is 0 Å². The van der Waals surface area contributed by atoms with Crippen molar-refractivity contribution in [2.75, 3.05) is 11.9 Å². The summed E-state index contributed by atoms with van der Waals surface area (Å²) in [5.74, 6) is 0. The monoisotopic (exact) mass is 328 g/mol. The molecule has 0 radical (unpaired) electrons. The van der Waals surface area contributed by atoms with Crippen LogP contribution in [0.1, 0.15) is 32.1 Å². The van der Waals surface area contributed by atoms with Crippen molar-refractivity contribution < 1.29 is 10.0 Å². The fraction of sp³-hybridized carbons (Fsp3) is 0.538. The second kappa shape index (κ2) is 5.88. The van der Waals surface area contributed by atoms with Crippen LogP contribution in [0.5, 0.6) is 0 Å². The van der Waals surface area contributed by atoms with Crippen LogP contribution < -0.4 is 5.32 Å². The van der Waals surface area contributed by atoms with Gasteiger partial charge < -0.3 is 10.4 Å². The number of hydrogen-bond acceptors (Lipinski definition) is 4. The van der Waals surface area contributed by atoms with E-state index in [2.05, 4.69) is 21.2 Å². The fourth-order valence-corrected chi connectivity index (χ4v) is 2.91. The van der Waals surface area contributed by atoms with Crippen LogP contribution in [0.25, 0.3) is 0 Å². The Hall–Kier alpha value is -1.14. The third-order valence-corrected chi connectivity index (χ3v) is 4.21. The van der Waals surface area contributed by atoms with Gasteiger partial charge in [0, 0.05) is 28.8 Å². The molecule has 5 nitrogen and oxygen atoms in total. The second-order valence-electron chi connectivity index (χ2n) is 5.06. The van der Waals surface area contributed by atoms with Gasteiger partial charge in [-0.3, -0.25) is 10.1 Å². The summed E-state index contributed by atoms with van der Waals surface area (Å²) in [6, 6.07) is 4.58. The first kappa shape index (κ1) is 14.3. The highest BCUT2D eigenvalue weighted by Crippen LogP contribution is 2.31. The molecule has 0 amide bonds. The highest BCUT2D eigenvalue weighted by molar-refractivity contribution is 9.10. The molecule has 1 aromatic rings. The molecule has 2 N–H and O–H groups in total. The molecule has 0 aliphatic heterocycles. The zero-order chi connectivity index (χ0) is 13.9. The number of rotatable bonds is 4. The molecule has 1 fully saturated rings. The highest BCUT2D eigenvalue weighted by Gasteiger charge is 2.28. The number of halogens is 1. The van der Waals surface area contributed by atoms with E-state index in [9.17, 15) is 15.2 Å². The fourth-order valence-electron chi connectivity index (χ4n) is 2.41. The zero-order valence-corrected chi connectivity index (χ0v) is 12.1. The normalized spacial score (nSPS) is 18.0. The van der Waals surface area contributed by atoms with Gasteiger partial charge in [0.15, 0.2) is 0 Å². The first-order chi connectivity index (χ1) is 9.00. The van der Waals surface area contributed by atoms with Gasteiger partial charge in [-0.05, 0) is 34.8 Å². The standard InChI is InChI=1S/C13H17BrN2O3/c14-11-8-10(16(18)19)4-5-12(11)15-9-13(17)6-2-1-3-7-13/h4-5,8,15,17H,1-3,6-7,9H2. The topological polar surface area (TPSA) is 75.4 Å². The number of nitro benzene ring substituents is 1. The number of non-ortho nitro benzene ring substituents is 1. The number of nitrogens with zero attached hydrogens (tertiary/aromatic N) is 1. The van der Waals surface area contributed by atoms with Crippen LogP contribution in [0.3, 0.4) is 0 Å². The summed E-state index contributed by atoms with van der Waals surface area (Å²) in [5, 5.41) is 24.2. The van der Waals surface area contributed by atoms with Crippen molar-refractivity contribution >= 4 is 27.3 Å². The molecule has 2 rings (SSSR count). The molecule has 6 heteroatoms. The lowest BCUT2D eigenvalue weighted by atomic mass is 9.85. The Labute approximate surface area is 120 Å². The third kappa shape index (κ3) is 3.67. The molecular weight excluding hydrogens is 312 g/mol. The molecule has 104 valence electrons. The maximum Gasteiger partial charge on any atom is 0.270 e. The average molecular weight is 329 g/mol. The van der Waals surface area contributed by atoms with Crippen LogP contribution in [0.4, 0.5) is 11.4 Å².